The lowest BCUT2D eigenvalue weighted by Crippen LogP contribution is -2.48. The molecule has 1 heterocycles. The molecule has 156 valence electrons. The van der Waals surface area contributed by atoms with Gasteiger partial charge in [-0.3, -0.25) is 4.79 Å². The van der Waals surface area contributed by atoms with Crippen LogP contribution in [0.2, 0.25) is 0 Å². The third kappa shape index (κ3) is 4.90. The van der Waals surface area contributed by atoms with E-state index >= 15 is 0 Å². The predicted octanol–water partition coefficient (Wildman–Crippen LogP) is 4.63. The van der Waals surface area contributed by atoms with Gasteiger partial charge in [0.05, 0.1) is 25.6 Å². The van der Waals surface area contributed by atoms with Crippen molar-refractivity contribution in [3.05, 3.63) is 47.0 Å². The highest BCUT2D eigenvalue weighted by Crippen LogP contribution is 2.32. The van der Waals surface area contributed by atoms with E-state index in [9.17, 15) is 4.79 Å². The molecule has 1 saturated heterocycles. The number of hydrogen-bond donors (Lipinski definition) is 1. The highest BCUT2D eigenvalue weighted by atomic mass is 32.2. The molecule has 1 amide bonds. The highest BCUT2D eigenvalue weighted by Gasteiger charge is 2.24. The number of piperazine rings is 1. The average molecular weight is 416 g/mol. The van der Waals surface area contributed by atoms with Crippen molar-refractivity contribution in [2.45, 2.75) is 20.8 Å². The summed E-state index contributed by atoms with van der Waals surface area (Å²) >= 11 is 1.10. The Morgan fingerprint density at radius 1 is 0.931 bits per heavy atom. The lowest BCUT2D eigenvalue weighted by atomic mass is 10.1. The molecule has 0 radical (unpaired) electrons. The Balaban J connectivity index is 1.58. The Labute approximate surface area is 177 Å². The molecule has 1 fully saturated rings. The van der Waals surface area contributed by atoms with Gasteiger partial charge in [0.2, 0.25) is 0 Å². The van der Waals surface area contributed by atoms with Crippen LogP contribution in [-0.4, -0.2) is 50.5 Å². The SMILES string of the molecule is COc1cc(C)c(C)cc1NSC(=O)N1CCN(c2cc(C)ccc2OC)CC1. The quantitative estimate of drug-likeness (QED) is 0.719. The summed E-state index contributed by atoms with van der Waals surface area (Å²) in [7, 11) is 3.33. The number of aryl methyl sites for hydroxylation is 3. The van der Waals surface area contributed by atoms with Gasteiger partial charge in [0.15, 0.2) is 0 Å². The van der Waals surface area contributed by atoms with Crippen molar-refractivity contribution in [1.82, 2.24) is 4.90 Å². The van der Waals surface area contributed by atoms with Gasteiger partial charge in [0.25, 0.3) is 0 Å². The number of amides is 1. The number of rotatable bonds is 5. The van der Waals surface area contributed by atoms with E-state index in [0.29, 0.717) is 13.1 Å². The molecule has 7 heteroatoms. The molecule has 0 unspecified atom stereocenters. The summed E-state index contributed by atoms with van der Waals surface area (Å²) in [5, 5.41) is 0.0149. The van der Waals surface area contributed by atoms with Crippen LogP contribution in [0.25, 0.3) is 0 Å². The first-order valence-electron chi connectivity index (χ1n) is 9.69. The monoisotopic (exact) mass is 415 g/mol. The molecule has 0 aliphatic carbocycles. The fourth-order valence-corrected chi connectivity index (χ4v) is 4.05. The van der Waals surface area contributed by atoms with E-state index in [-0.39, 0.29) is 5.24 Å². The van der Waals surface area contributed by atoms with Crippen LogP contribution in [0.3, 0.4) is 0 Å². The molecule has 0 spiro atoms. The van der Waals surface area contributed by atoms with Crippen molar-refractivity contribution in [2.75, 3.05) is 50.0 Å². The van der Waals surface area contributed by atoms with Crippen LogP contribution < -0.4 is 19.1 Å². The number of carbonyl (C=O) groups excluding carboxylic acids is 1. The second-order valence-corrected chi connectivity index (χ2v) is 8.01. The molecule has 0 aromatic heterocycles. The first-order chi connectivity index (χ1) is 13.9. The summed E-state index contributed by atoms with van der Waals surface area (Å²) in [4.78, 5) is 16.8. The number of methoxy groups -OCH3 is 2. The third-order valence-corrected chi connectivity index (χ3v) is 6.03. The summed E-state index contributed by atoms with van der Waals surface area (Å²) in [5.41, 5.74) is 5.41. The van der Waals surface area contributed by atoms with Crippen LogP contribution >= 0.6 is 11.9 Å². The first-order valence-corrected chi connectivity index (χ1v) is 10.5. The minimum Gasteiger partial charge on any atom is -0.495 e. The number of anilines is 2. The Hall–Kier alpha value is -2.54. The van der Waals surface area contributed by atoms with Gasteiger partial charge in [-0.2, -0.15) is 0 Å². The second kappa shape index (κ2) is 9.31. The Morgan fingerprint density at radius 2 is 1.59 bits per heavy atom. The van der Waals surface area contributed by atoms with E-state index in [1.54, 1.807) is 14.2 Å². The van der Waals surface area contributed by atoms with Crippen molar-refractivity contribution in [3.8, 4) is 11.5 Å². The number of ether oxygens (including phenoxy) is 2. The zero-order chi connectivity index (χ0) is 21.0. The Morgan fingerprint density at radius 3 is 2.24 bits per heavy atom. The fraction of sp³-hybridized carbons (Fsp3) is 0.409. The minimum atomic E-state index is 0.0149. The molecule has 0 saturated carbocycles. The van der Waals surface area contributed by atoms with Crippen molar-refractivity contribution in [1.29, 1.82) is 0 Å². The van der Waals surface area contributed by atoms with Gasteiger partial charge in [-0.05, 0) is 61.7 Å². The number of hydrogen-bond acceptors (Lipinski definition) is 6. The molecule has 29 heavy (non-hydrogen) atoms. The summed E-state index contributed by atoms with van der Waals surface area (Å²) in [6, 6.07) is 10.2. The van der Waals surface area contributed by atoms with Crippen molar-refractivity contribution >= 4 is 28.6 Å². The number of carbonyl (C=O) groups is 1. The van der Waals surface area contributed by atoms with Crippen LogP contribution in [0.1, 0.15) is 16.7 Å². The van der Waals surface area contributed by atoms with Crippen LogP contribution in [0, 0.1) is 20.8 Å². The molecule has 1 aliphatic heterocycles. The minimum absolute atomic E-state index is 0.0149. The van der Waals surface area contributed by atoms with Crippen molar-refractivity contribution in [2.24, 2.45) is 0 Å². The van der Waals surface area contributed by atoms with Crippen LogP contribution in [-0.2, 0) is 0 Å². The number of benzene rings is 2. The summed E-state index contributed by atoms with van der Waals surface area (Å²) in [5.74, 6) is 1.61. The second-order valence-electron chi connectivity index (χ2n) is 7.26. The molecule has 0 bridgehead atoms. The van der Waals surface area contributed by atoms with E-state index in [0.717, 1.165) is 59.0 Å². The van der Waals surface area contributed by atoms with Gasteiger partial charge in [0.1, 0.15) is 11.5 Å². The van der Waals surface area contributed by atoms with Crippen molar-refractivity contribution in [3.63, 3.8) is 0 Å². The molecule has 3 rings (SSSR count). The van der Waals surface area contributed by atoms with Crippen LogP contribution in [0.5, 0.6) is 11.5 Å². The molecule has 1 aliphatic rings. The third-order valence-electron chi connectivity index (χ3n) is 5.28. The molecule has 0 atom stereocenters. The van der Waals surface area contributed by atoms with E-state index in [4.69, 9.17) is 9.47 Å². The average Bonchev–Trinajstić information content (AvgIpc) is 2.74. The Kier molecular flexibility index (Phi) is 6.79. The number of nitrogens with one attached hydrogen (secondary N) is 1. The normalized spacial score (nSPS) is 14.0. The molecule has 2 aromatic rings. The predicted molar refractivity (Wildman–Crippen MR) is 121 cm³/mol. The van der Waals surface area contributed by atoms with E-state index in [2.05, 4.69) is 22.6 Å². The summed E-state index contributed by atoms with van der Waals surface area (Å²) < 4.78 is 14.1. The molecular formula is C22H29N3O3S. The van der Waals surface area contributed by atoms with Gasteiger partial charge in [0, 0.05) is 38.1 Å². The highest BCUT2D eigenvalue weighted by molar-refractivity contribution is 8.14. The van der Waals surface area contributed by atoms with E-state index < -0.39 is 0 Å². The van der Waals surface area contributed by atoms with Gasteiger partial charge < -0.3 is 24.0 Å². The zero-order valence-electron chi connectivity index (χ0n) is 17.7. The van der Waals surface area contributed by atoms with E-state index in [1.807, 2.05) is 43.0 Å². The van der Waals surface area contributed by atoms with Gasteiger partial charge in [-0.25, -0.2) is 0 Å². The lowest BCUT2D eigenvalue weighted by molar-refractivity contribution is 0.219. The molecule has 1 N–H and O–H groups in total. The topological polar surface area (TPSA) is 54.0 Å². The standard InChI is InChI=1S/C22H29N3O3S/c1-15-6-7-20(27-4)19(12-15)24-8-10-25(11-9-24)22(26)29-23-18-13-16(2)17(3)14-21(18)28-5/h6-7,12-14,23H,8-11H2,1-5H3. The largest absolute Gasteiger partial charge is 0.495 e. The van der Waals surface area contributed by atoms with Crippen LogP contribution in [0.4, 0.5) is 16.2 Å². The van der Waals surface area contributed by atoms with Crippen molar-refractivity contribution < 1.29 is 14.3 Å². The fourth-order valence-electron chi connectivity index (χ4n) is 3.38. The van der Waals surface area contributed by atoms with Crippen LogP contribution in [0.15, 0.2) is 30.3 Å². The van der Waals surface area contributed by atoms with Gasteiger partial charge in [-0.15, -0.1) is 0 Å². The smallest absolute Gasteiger partial charge is 0.302 e. The van der Waals surface area contributed by atoms with Gasteiger partial charge in [-0.1, -0.05) is 6.07 Å². The maximum absolute atomic E-state index is 12.7. The molecule has 6 nitrogen and oxygen atoms in total. The maximum atomic E-state index is 12.7. The Bertz CT molecular complexity index is 880. The summed E-state index contributed by atoms with van der Waals surface area (Å²) in [6.45, 7) is 9.07. The van der Waals surface area contributed by atoms with E-state index in [1.165, 1.54) is 5.56 Å². The molecular weight excluding hydrogens is 386 g/mol. The number of nitrogens with zero attached hydrogens (tertiary/aromatic N) is 2. The zero-order valence-corrected chi connectivity index (χ0v) is 18.6. The summed E-state index contributed by atoms with van der Waals surface area (Å²) in [6.07, 6.45) is 0. The maximum Gasteiger partial charge on any atom is 0.302 e. The first kappa shape index (κ1) is 21.2. The lowest BCUT2D eigenvalue weighted by Gasteiger charge is -2.36. The van der Waals surface area contributed by atoms with Gasteiger partial charge >= 0.3 is 5.24 Å². The molecule has 2 aromatic carbocycles.